The fourth-order valence-electron chi connectivity index (χ4n) is 3.42. The lowest BCUT2D eigenvalue weighted by Gasteiger charge is -2.35. The normalized spacial score (nSPS) is 14.6. The van der Waals surface area contributed by atoms with E-state index in [9.17, 15) is 18.7 Å². The van der Waals surface area contributed by atoms with Gasteiger partial charge >= 0.3 is 0 Å². The number of benzene rings is 2. The highest BCUT2D eigenvalue weighted by molar-refractivity contribution is 6.31. The van der Waals surface area contributed by atoms with Crippen LogP contribution in [-0.4, -0.2) is 29.4 Å². The van der Waals surface area contributed by atoms with Gasteiger partial charge in [-0.1, -0.05) is 17.7 Å². The molecule has 10 heteroatoms. The second-order valence-corrected chi connectivity index (χ2v) is 7.38. The maximum absolute atomic E-state index is 14.7. The Morgan fingerprint density at radius 1 is 1.20 bits per heavy atom. The summed E-state index contributed by atoms with van der Waals surface area (Å²) in [4.78, 5) is 21.0. The summed E-state index contributed by atoms with van der Waals surface area (Å²) < 4.78 is 30.7. The summed E-state index contributed by atoms with van der Waals surface area (Å²) in [6.07, 6.45) is 3.88. The lowest BCUT2D eigenvalue weighted by Crippen LogP contribution is -2.43. The summed E-state index contributed by atoms with van der Waals surface area (Å²) >= 11 is 5.95. The van der Waals surface area contributed by atoms with Gasteiger partial charge in [-0.15, -0.1) is 0 Å². The quantitative estimate of drug-likeness (QED) is 0.525. The highest BCUT2D eigenvalue weighted by Crippen LogP contribution is 2.36. The number of aliphatic hydroxyl groups is 1. The van der Waals surface area contributed by atoms with Gasteiger partial charge in [0, 0.05) is 16.7 Å². The first-order valence-electron chi connectivity index (χ1n) is 8.96. The van der Waals surface area contributed by atoms with Gasteiger partial charge < -0.3 is 5.11 Å². The summed E-state index contributed by atoms with van der Waals surface area (Å²) in [5.74, 6) is -1.73. The van der Waals surface area contributed by atoms with Crippen molar-refractivity contribution in [1.82, 2.24) is 24.3 Å². The van der Waals surface area contributed by atoms with Crippen molar-refractivity contribution in [3.8, 4) is 0 Å². The van der Waals surface area contributed by atoms with Crippen LogP contribution >= 0.6 is 11.6 Å². The molecule has 2 aromatic heterocycles. The van der Waals surface area contributed by atoms with E-state index in [0.717, 1.165) is 12.1 Å². The van der Waals surface area contributed by atoms with Gasteiger partial charge in [0.15, 0.2) is 0 Å². The molecule has 0 aliphatic rings. The average molecular weight is 432 g/mol. The van der Waals surface area contributed by atoms with Gasteiger partial charge in [0.25, 0.3) is 5.56 Å². The van der Waals surface area contributed by atoms with Crippen LogP contribution in [0.4, 0.5) is 8.78 Å². The Labute approximate surface area is 174 Å². The molecule has 7 nitrogen and oxygen atoms in total. The molecule has 0 aliphatic carbocycles. The third kappa shape index (κ3) is 3.46. The summed E-state index contributed by atoms with van der Waals surface area (Å²) in [6, 6.07) is 6.65. The zero-order valence-electron chi connectivity index (χ0n) is 15.7. The number of hydrogen-bond acceptors (Lipinski definition) is 5. The lowest BCUT2D eigenvalue weighted by molar-refractivity contribution is -0.0351. The molecule has 2 unspecified atom stereocenters. The van der Waals surface area contributed by atoms with Crippen LogP contribution < -0.4 is 5.56 Å². The largest absolute Gasteiger partial charge is 0.381 e. The topological polar surface area (TPSA) is 85.8 Å². The molecule has 0 spiro atoms. The third-order valence-corrected chi connectivity index (χ3v) is 5.36. The van der Waals surface area contributed by atoms with Crippen molar-refractivity contribution in [1.29, 1.82) is 0 Å². The highest BCUT2D eigenvalue weighted by atomic mass is 35.5. The molecular weight excluding hydrogens is 416 g/mol. The number of halogens is 3. The Morgan fingerprint density at radius 2 is 2.00 bits per heavy atom. The van der Waals surface area contributed by atoms with Crippen molar-refractivity contribution in [2.45, 2.75) is 25.1 Å². The third-order valence-electron chi connectivity index (χ3n) is 5.12. The van der Waals surface area contributed by atoms with Crippen LogP contribution in [-0.2, 0) is 12.1 Å². The number of aromatic nitrogens is 5. The van der Waals surface area contributed by atoms with E-state index in [1.165, 1.54) is 34.3 Å². The van der Waals surface area contributed by atoms with Gasteiger partial charge in [-0.2, -0.15) is 5.10 Å². The van der Waals surface area contributed by atoms with Crippen LogP contribution in [0.3, 0.4) is 0 Å². The molecule has 0 aliphatic heterocycles. The lowest BCUT2D eigenvalue weighted by atomic mass is 9.86. The van der Waals surface area contributed by atoms with Crippen LogP contribution in [0.5, 0.6) is 0 Å². The predicted molar refractivity (Wildman–Crippen MR) is 106 cm³/mol. The van der Waals surface area contributed by atoms with Gasteiger partial charge in [0.1, 0.15) is 29.9 Å². The van der Waals surface area contributed by atoms with Crippen molar-refractivity contribution in [2.24, 2.45) is 0 Å². The number of hydrogen-bond donors (Lipinski definition) is 1. The van der Waals surface area contributed by atoms with Gasteiger partial charge in [-0.25, -0.2) is 23.4 Å². The first-order valence-corrected chi connectivity index (χ1v) is 9.34. The number of fused-ring (bicyclic) bond motifs is 1. The van der Waals surface area contributed by atoms with Crippen molar-refractivity contribution in [3.63, 3.8) is 0 Å². The molecule has 0 fully saturated rings. The minimum atomic E-state index is -1.98. The minimum absolute atomic E-state index is 0.185. The molecule has 30 heavy (non-hydrogen) atoms. The van der Waals surface area contributed by atoms with E-state index in [4.69, 9.17) is 11.6 Å². The summed E-state index contributed by atoms with van der Waals surface area (Å²) in [5, 5.41) is 16.4. The summed E-state index contributed by atoms with van der Waals surface area (Å²) in [7, 11) is 0. The second kappa shape index (κ2) is 7.58. The van der Waals surface area contributed by atoms with Gasteiger partial charge in [0.2, 0.25) is 0 Å². The first kappa shape index (κ1) is 20.1. The van der Waals surface area contributed by atoms with Crippen molar-refractivity contribution < 1.29 is 13.9 Å². The molecule has 0 saturated carbocycles. The predicted octanol–water partition coefficient (Wildman–Crippen LogP) is 3.07. The Balaban J connectivity index is 1.87. The monoisotopic (exact) mass is 431 g/mol. The van der Waals surface area contributed by atoms with Crippen LogP contribution in [0.25, 0.3) is 10.9 Å². The fraction of sp³-hybridized carbons (Fsp3) is 0.200. The molecule has 0 saturated heterocycles. The van der Waals surface area contributed by atoms with E-state index in [1.807, 2.05) is 0 Å². The highest BCUT2D eigenvalue weighted by Gasteiger charge is 2.40. The van der Waals surface area contributed by atoms with Crippen LogP contribution in [0.15, 0.2) is 60.2 Å². The van der Waals surface area contributed by atoms with E-state index in [0.29, 0.717) is 16.6 Å². The summed E-state index contributed by atoms with van der Waals surface area (Å²) in [5.41, 5.74) is -2.21. The maximum atomic E-state index is 14.7. The molecule has 154 valence electrons. The van der Waals surface area contributed by atoms with Gasteiger partial charge in [0.05, 0.1) is 29.8 Å². The van der Waals surface area contributed by atoms with E-state index < -0.39 is 28.8 Å². The van der Waals surface area contributed by atoms with E-state index in [-0.39, 0.29) is 17.5 Å². The Hall–Kier alpha value is -3.17. The molecule has 1 N–H and O–H groups in total. The number of rotatable bonds is 5. The molecule has 0 bridgehead atoms. The maximum Gasteiger partial charge on any atom is 0.261 e. The second-order valence-electron chi connectivity index (χ2n) is 6.94. The van der Waals surface area contributed by atoms with Crippen LogP contribution in [0.2, 0.25) is 5.02 Å². The standard InChI is InChI=1S/C20H16ClF2N5O2/c1-12(28-10-24-9-26-28)20(30,16-5-3-14(22)7-17(16)23)8-27-11-25-18-6-13(21)2-4-15(18)19(27)29/h2-7,9-12,30H,8H2,1H3. The average Bonchev–Trinajstić information content (AvgIpc) is 3.24. The molecule has 4 rings (SSSR count). The molecular formula is C20H16ClF2N5O2. The summed E-state index contributed by atoms with van der Waals surface area (Å²) in [6.45, 7) is 1.23. The Morgan fingerprint density at radius 3 is 2.70 bits per heavy atom. The zero-order chi connectivity index (χ0) is 21.5. The Bertz CT molecular complexity index is 1280. The van der Waals surface area contributed by atoms with Gasteiger partial charge in [-0.05, 0) is 31.2 Å². The van der Waals surface area contributed by atoms with Crippen LogP contribution in [0.1, 0.15) is 18.5 Å². The molecule has 4 aromatic rings. The van der Waals surface area contributed by atoms with Crippen molar-refractivity contribution >= 4 is 22.5 Å². The van der Waals surface area contributed by atoms with E-state index >= 15 is 0 Å². The van der Waals surface area contributed by atoms with E-state index in [2.05, 4.69) is 15.1 Å². The zero-order valence-corrected chi connectivity index (χ0v) is 16.5. The fourth-order valence-corrected chi connectivity index (χ4v) is 3.59. The molecule has 2 aromatic carbocycles. The van der Waals surface area contributed by atoms with Gasteiger partial charge in [-0.3, -0.25) is 9.36 Å². The molecule has 2 atom stereocenters. The molecule has 0 amide bonds. The SMILES string of the molecule is CC(n1cncn1)C(O)(Cn1cnc2cc(Cl)ccc2c1=O)c1ccc(F)cc1F. The Kier molecular flexibility index (Phi) is 5.08. The van der Waals surface area contributed by atoms with E-state index in [1.54, 1.807) is 19.1 Å². The molecule has 2 heterocycles. The smallest absolute Gasteiger partial charge is 0.261 e. The van der Waals surface area contributed by atoms with Crippen LogP contribution in [0, 0.1) is 11.6 Å². The minimum Gasteiger partial charge on any atom is -0.381 e. The number of nitrogens with zero attached hydrogens (tertiary/aromatic N) is 5. The molecule has 0 radical (unpaired) electrons. The van der Waals surface area contributed by atoms with Crippen molar-refractivity contribution in [3.05, 3.63) is 88.0 Å². The first-order chi connectivity index (χ1) is 14.3. The van der Waals surface area contributed by atoms with Crippen molar-refractivity contribution in [2.75, 3.05) is 0 Å².